The number of amides is 1. The van der Waals surface area contributed by atoms with Gasteiger partial charge < -0.3 is 5.32 Å². The number of carbonyl (C=O) groups is 1. The number of nitrogens with zero attached hydrogens (tertiary/aromatic N) is 5. The Morgan fingerprint density at radius 1 is 0.884 bits per heavy atom. The van der Waals surface area contributed by atoms with Gasteiger partial charge >= 0.3 is 0 Å². The predicted molar refractivity (Wildman–Crippen MR) is 232 cm³/mol. The summed E-state index contributed by atoms with van der Waals surface area (Å²) in [5.41, 5.74) is -6.15. The van der Waals surface area contributed by atoms with Gasteiger partial charge in [0.15, 0.2) is 15.7 Å². The number of fused-ring (bicyclic) bond motifs is 2. The van der Waals surface area contributed by atoms with Crippen LogP contribution < -0.4 is 10.0 Å². The van der Waals surface area contributed by atoms with Crippen molar-refractivity contribution in [3.63, 3.8) is 0 Å². The van der Waals surface area contributed by atoms with E-state index in [1.54, 1.807) is 0 Å². The van der Waals surface area contributed by atoms with Gasteiger partial charge in [0.2, 0.25) is 15.9 Å². The van der Waals surface area contributed by atoms with E-state index in [1.807, 2.05) is 0 Å². The number of rotatable bonds is 15. The number of hydrogen-bond acceptors (Lipinski definition) is 8. The Morgan fingerprint density at radius 3 is 2.13 bits per heavy atom. The second-order valence-corrected chi connectivity index (χ2v) is 23.4. The minimum Gasteiger partial charge on any atom is -0.346 e. The summed E-state index contributed by atoms with van der Waals surface area (Å²) in [6.07, 6.45) is -9.13. The standard InChI is InChI=1S/C44H40ClF10N7O5S2/c1-41(2,68(64,65)26-5-6-26)11-10-25-4-7-27(28-8-9-29(45)33-37(28)61(20-31(48)49)59-40(33)60-69(66,67)42(3)12-13-42)35(56-25)30(18-22-16-23(46)19-24(47)17-22)57-32(63)21-62-38-34(36(58-62)39(50)51)43(52,53)14-15-44(38,54)55/h4,7-9,16-17,19,26,30-31,39H,5-6,12-15,18,20-21H2,1-3H3,(H,57,63)(H,59,60)/t30-/m0/s1. The quantitative estimate of drug-likeness (QED) is 0.0776. The van der Waals surface area contributed by atoms with Crippen LogP contribution in [0.15, 0.2) is 42.5 Å². The molecule has 5 aromatic rings. The van der Waals surface area contributed by atoms with E-state index in [2.05, 4.69) is 37.1 Å². The maximum atomic E-state index is 15.4. The average molecular weight is 1040 g/mol. The maximum absolute atomic E-state index is 15.4. The van der Waals surface area contributed by atoms with E-state index in [0.717, 1.165) is 16.8 Å². The first-order valence-electron chi connectivity index (χ1n) is 21.2. The van der Waals surface area contributed by atoms with Crippen LogP contribution in [0.5, 0.6) is 0 Å². The molecule has 0 radical (unpaired) electrons. The Balaban J connectivity index is 1.33. The lowest BCUT2D eigenvalue weighted by Gasteiger charge is -2.29. The number of sulfone groups is 1. The Bertz CT molecular complexity index is 3180. The van der Waals surface area contributed by atoms with E-state index < -0.39 is 138 Å². The third-order valence-electron chi connectivity index (χ3n) is 12.3. The highest BCUT2D eigenvalue weighted by Crippen LogP contribution is 2.52. The zero-order valence-corrected chi connectivity index (χ0v) is 38.9. The van der Waals surface area contributed by atoms with Crippen molar-refractivity contribution in [1.29, 1.82) is 0 Å². The number of benzene rings is 2. The lowest BCUT2D eigenvalue weighted by Crippen LogP contribution is -2.37. The van der Waals surface area contributed by atoms with Crippen LogP contribution >= 0.6 is 11.6 Å². The fourth-order valence-electron chi connectivity index (χ4n) is 8.24. The van der Waals surface area contributed by atoms with Crippen LogP contribution in [0, 0.1) is 23.5 Å². The lowest BCUT2D eigenvalue weighted by atomic mass is 9.89. The molecule has 2 aromatic carbocycles. The molecule has 3 aliphatic carbocycles. The molecule has 12 nitrogen and oxygen atoms in total. The van der Waals surface area contributed by atoms with Gasteiger partial charge in [-0.05, 0) is 94.7 Å². The molecule has 2 fully saturated rings. The van der Waals surface area contributed by atoms with Crippen molar-refractivity contribution in [2.45, 2.75) is 124 Å². The number of alkyl halides is 8. The largest absolute Gasteiger partial charge is 0.346 e. The molecule has 0 bridgehead atoms. The number of sulfonamides is 1. The van der Waals surface area contributed by atoms with E-state index in [-0.39, 0.29) is 61.5 Å². The fraction of sp³-hybridized carbons (Fsp3) is 0.455. The van der Waals surface area contributed by atoms with E-state index in [9.17, 15) is 48.0 Å². The third-order valence-corrected chi connectivity index (χ3v) is 17.7. The first-order chi connectivity index (χ1) is 32.0. The van der Waals surface area contributed by atoms with Crippen LogP contribution in [0.3, 0.4) is 0 Å². The van der Waals surface area contributed by atoms with Gasteiger partial charge in [-0.15, -0.1) is 0 Å². The molecule has 3 heterocycles. The van der Waals surface area contributed by atoms with Crippen molar-refractivity contribution < 1.29 is 65.5 Å². The molecule has 1 amide bonds. The highest BCUT2D eigenvalue weighted by Gasteiger charge is 2.55. The topological polar surface area (TPSA) is 158 Å². The summed E-state index contributed by atoms with van der Waals surface area (Å²) in [5, 5.41) is 8.97. The zero-order chi connectivity index (χ0) is 50.4. The molecule has 2 N–H and O–H groups in total. The molecule has 25 heteroatoms. The summed E-state index contributed by atoms with van der Waals surface area (Å²) >= 11 is 6.66. The molecule has 370 valence electrons. The van der Waals surface area contributed by atoms with Gasteiger partial charge in [0.25, 0.3) is 24.7 Å². The molecule has 0 saturated heterocycles. The zero-order valence-electron chi connectivity index (χ0n) is 36.5. The Kier molecular flexibility index (Phi) is 12.7. The molecule has 0 unspecified atom stereocenters. The Hall–Kier alpha value is -5.41. The number of nitrogens with one attached hydrogen (secondary N) is 2. The smallest absolute Gasteiger partial charge is 0.290 e. The maximum Gasteiger partial charge on any atom is 0.290 e. The van der Waals surface area contributed by atoms with Crippen LogP contribution in [-0.4, -0.2) is 68.5 Å². The molecule has 1 atom stereocenters. The number of hydrogen-bond donors (Lipinski definition) is 2. The predicted octanol–water partition coefficient (Wildman–Crippen LogP) is 9.51. The van der Waals surface area contributed by atoms with Crippen LogP contribution in [0.4, 0.5) is 49.7 Å². The van der Waals surface area contributed by atoms with E-state index in [4.69, 9.17) is 11.6 Å². The Morgan fingerprint density at radius 2 is 1.52 bits per heavy atom. The average Bonchev–Trinajstić information content (AvgIpc) is 4.17. The van der Waals surface area contributed by atoms with Gasteiger partial charge in [0.1, 0.15) is 46.6 Å². The van der Waals surface area contributed by atoms with Gasteiger partial charge in [-0.2, -0.15) is 19.0 Å². The third kappa shape index (κ3) is 9.61. The van der Waals surface area contributed by atoms with Gasteiger partial charge in [-0.25, -0.2) is 56.9 Å². The highest BCUT2D eigenvalue weighted by molar-refractivity contribution is 7.94. The van der Waals surface area contributed by atoms with Gasteiger partial charge in [0, 0.05) is 30.0 Å². The fourth-order valence-corrected chi connectivity index (χ4v) is 11.5. The molecular formula is C44H40ClF10N7O5S2. The monoisotopic (exact) mass is 1040 g/mol. The minimum absolute atomic E-state index is 0.0209. The van der Waals surface area contributed by atoms with Gasteiger partial charge in [0.05, 0.1) is 43.2 Å². The molecule has 0 spiro atoms. The first kappa shape index (κ1) is 50.0. The number of carbonyl (C=O) groups excluding carboxylic acids is 1. The number of anilines is 1. The van der Waals surface area contributed by atoms with Crippen LogP contribution in [-0.2, 0) is 56.0 Å². The van der Waals surface area contributed by atoms with E-state index in [0.29, 0.717) is 18.9 Å². The van der Waals surface area contributed by atoms with E-state index in [1.165, 1.54) is 45.0 Å². The van der Waals surface area contributed by atoms with Crippen molar-refractivity contribution in [1.82, 2.24) is 29.9 Å². The van der Waals surface area contributed by atoms with Crippen LogP contribution in [0.2, 0.25) is 5.02 Å². The molecule has 3 aliphatic rings. The molecule has 69 heavy (non-hydrogen) atoms. The summed E-state index contributed by atoms with van der Waals surface area (Å²) in [6.45, 7) is 1.65. The van der Waals surface area contributed by atoms with Crippen molar-refractivity contribution in [2.75, 3.05) is 4.72 Å². The second-order valence-electron chi connectivity index (χ2n) is 18.0. The number of halogens is 11. The number of pyridine rings is 1. The molecule has 0 aliphatic heterocycles. The summed E-state index contributed by atoms with van der Waals surface area (Å²) in [4.78, 5) is 18.8. The molecular weight excluding hydrogens is 996 g/mol. The SMILES string of the molecule is CC1(S(=O)(=O)Nc2nn(CC(F)F)c3c(-c4ccc(C#CC(C)(C)S(=O)(=O)C5CC5)nc4[C@H](Cc4cc(F)cc(F)c4)NC(=O)Cn4nc(C(F)F)c5c4C(F)(F)CCC5(F)F)ccc(Cl)c23)CC1. The normalized spacial score (nSPS) is 17.9. The Labute approximate surface area is 393 Å². The highest BCUT2D eigenvalue weighted by atomic mass is 35.5. The molecule has 3 aromatic heterocycles. The molecule has 8 rings (SSSR count). The summed E-state index contributed by atoms with van der Waals surface area (Å²) in [5.74, 6) is -6.96. The van der Waals surface area contributed by atoms with Crippen molar-refractivity contribution in [2.24, 2.45) is 0 Å². The van der Waals surface area contributed by atoms with Crippen LogP contribution in [0.1, 0.15) is 106 Å². The molecule has 2 saturated carbocycles. The lowest BCUT2D eigenvalue weighted by molar-refractivity contribution is -0.123. The first-order valence-corrected chi connectivity index (χ1v) is 24.6. The second kappa shape index (κ2) is 17.5. The van der Waals surface area contributed by atoms with Gasteiger partial charge in [-0.3, -0.25) is 18.9 Å². The van der Waals surface area contributed by atoms with Crippen molar-refractivity contribution in [3.8, 4) is 23.0 Å². The van der Waals surface area contributed by atoms with Crippen molar-refractivity contribution in [3.05, 3.63) is 93.0 Å². The van der Waals surface area contributed by atoms with Crippen molar-refractivity contribution >= 4 is 54.1 Å². The van der Waals surface area contributed by atoms with Gasteiger partial charge in [-0.1, -0.05) is 23.6 Å². The van der Waals surface area contributed by atoms with Crippen LogP contribution in [0.25, 0.3) is 22.0 Å². The summed E-state index contributed by atoms with van der Waals surface area (Å²) in [7, 11) is -8.00. The number of aromatic nitrogens is 5. The summed E-state index contributed by atoms with van der Waals surface area (Å²) in [6, 6.07) is 5.69. The van der Waals surface area contributed by atoms with E-state index >= 15 is 17.6 Å². The summed E-state index contributed by atoms with van der Waals surface area (Å²) < 4.78 is 201. The minimum atomic E-state index is -4.19.